The zero-order valence-electron chi connectivity index (χ0n) is 12.8. The fourth-order valence-electron chi connectivity index (χ4n) is 2.90. The van der Waals surface area contributed by atoms with Crippen LogP contribution < -0.4 is 0 Å². The van der Waals surface area contributed by atoms with Gasteiger partial charge in [0.15, 0.2) is 0 Å². The van der Waals surface area contributed by atoms with Crippen LogP contribution in [0.2, 0.25) is 0 Å². The van der Waals surface area contributed by atoms with Crippen molar-refractivity contribution in [1.82, 2.24) is 9.97 Å². The number of rotatable bonds is 2. The van der Waals surface area contributed by atoms with Crippen LogP contribution in [0.1, 0.15) is 10.5 Å². The fraction of sp³-hybridized carbons (Fsp3) is 0.0526. The van der Waals surface area contributed by atoms with Gasteiger partial charge in [0, 0.05) is 21.9 Å². The Morgan fingerprint density at radius 2 is 1.83 bits per heavy atom. The lowest BCUT2D eigenvalue weighted by molar-refractivity contribution is 0.0594. The van der Waals surface area contributed by atoms with Crippen LogP contribution >= 0.6 is 0 Å². The number of aromatic amines is 1. The van der Waals surface area contributed by atoms with E-state index in [1.807, 2.05) is 24.3 Å². The second-order valence-electron chi connectivity index (χ2n) is 5.42. The molecule has 1 N–H and O–H groups in total. The Bertz CT molecular complexity index is 1090. The van der Waals surface area contributed by atoms with Crippen molar-refractivity contribution in [1.29, 1.82) is 0 Å². The molecule has 0 bridgehead atoms. The van der Waals surface area contributed by atoms with Crippen molar-refractivity contribution in [2.24, 2.45) is 0 Å². The number of hydrogen-bond acceptors (Lipinski definition) is 3. The standard InChI is InChI=1S/C19H13FN2O2/c1-24-19(23)16-10-13-11-6-3-5-9-15(11)21-18(13)17(22-16)12-7-2-4-8-14(12)20/h2-10,21H,1H3. The maximum atomic E-state index is 14.3. The number of esters is 1. The first-order valence-corrected chi connectivity index (χ1v) is 7.43. The SMILES string of the molecule is COC(=O)c1cc2c([nH]c3ccccc32)c(-c2ccccc2F)n1. The third-order valence-corrected chi connectivity index (χ3v) is 4.02. The highest BCUT2D eigenvalue weighted by Gasteiger charge is 2.18. The van der Waals surface area contributed by atoms with Gasteiger partial charge in [-0.25, -0.2) is 14.2 Å². The Balaban J connectivity index is 2.14. The Morgan fingerprint density at radius 1 is 1.08 bits per heavy atom. The predicted molar refractivity (Wildman–Crippen MR) is 90.3 cm³/mol. The van der Waals surface area contributed by atoms with Gasteiger partial charge in [0.1, 0.15) is 11.5 Å². The molecule has 0 aliphatic heterocycles. The maximum absolute atomic E-state index is 14.3. The zero-order valence-corrected chi connectivity index (χ0v) is 12.8. The lowest BCUT2D eigenvalue weighted by Crippen LogP contribution is -2.05. The van der Waals surface area contributed by atoms with E-state index in [0.29, 0.717) is 16.8 Å². The van der Waals surface area contributed by atoms with Crippen LogP contribution in [0.3, 0.4) is 0 Å². The number of carbonyl (C=O) groups is 1. The molecule has 4 aromatic rings. The van der Waals surface area contributed by atoms with Crippen LogP contribution in [0.25, 0.3) is 33.1 Å². The first-order valence-electron chi connectivity index (χ1n) is 7.43. The Hall–Kier alpha value is -3.21. The van der Waals surface area contributed by atoms with Gasteiger partial charge < -0.3 is 9.72 Å². The Kier molecular flexibility index (Phi) is 3.27. The van der Waals surface area contributed by atoms with Gasteiger partial charge in [-0.1, -0.05) is 30.3 Å². The number of carbonyl (C=O) groups excluding carboxylic acids is 1. The molecule has 24 heavy (non-hydrogen) atoms. The van der Waals surface area contributed by atoms with Crippen molar-refractivity contribution in [3.8, 4) is 11.3 Å². The van der Waals surface area contributed by atoms with E-state index >= 15 is 0 Å². The third kappa shape index (κ3) is 2.13. The number of H-pyrrole nitrogens is 1. The number of nitrogens with one attached hydrogen (secondary N) is 1. The summed E-state index contributed by atoms with van der Waals surface area (Å²) in [4.78, 5) is 19.6. The van der Waals surface area contributed by atoms with Crippen LogP contribution in [-0.2, 0) is 4.74 Å². The van der Waals surface area contributed by atoms with Gasteiger partial charge in [-0.05, 0) is 24.3 Å². The second-order valence-corrected chi connectivity index (χ2v) is 5.42. The zero-order chi connectivity index (χ0) is 16.7. The number of para-hydroxylation sites is 1. The number of benzene rings is 2. The number of methoxy groups -OCH3 is 1. The predicted octanol–water partition coefficient (Wildman–Crippen LogP) is 4.31. The number of fused-ring (bicyclic) bond motifs is 3. The molecule has 0 radical (unpaired) electrons. The molecule has 0 aliphatic carbocycles. The highest BCUT2D eigenvalue weighted by molar-refractivity contribution is 6.12. The van der Waals surface area contributed by atoms with E-state index < -0.39 is 11.8 Å². The van der Waals surface area contributed by atoms with E-state index in [2.05, 4.69) is 9.97 Å². The molecular weight excluding hydrogens is 307 g/mol. The first kappa shape index (κ1) is 14.4. The maximum Gasteiger partial charge on any atom is 0.356 e. The van der Waals surface area contributed by atoms with Crippen molar-refractivity contribution >= 4 is 27.8 Å². The number of hydrogen-bond donors (Lipinski definition) is 1. The Labute approximate surface area is 136 Å². The summed E-state index contributed by atoms with van der Waals surface area (Å²) in [6.07, 6.45) is 0. The lowest BCUT2D eigenvalue weighted by Gasteiger charge is -2.07. The summed E-state index contributed by atoms with van der Waals surface area (Å²) < 4.78 is 19.1. The number of ether oxygens (including phenoxy) is 1. The highest BCUT2D eigenvalue weighted by atomic mass is 19.1. The van der Waals surface area contributed by atoms with Crippen LogP contribution in [0, 0.1) is 5.82 Å². The molecule has 0 amide bonds. The molecule has 4 nitrogen and oxygen atoms in total. The van der Waals surface area contributed by atoms with E-state index in [4.69, 9.17) is 4.74 Å². The van der Waals surface area contributed by atoms with Crippen LogP contribution in [0.5, 0.6) is 0 Å². The van der Waals surface area contributed by atoms with Crippen LogP contribution in [-0.4, -0.2) is 23.0 Å². The summed E-state index contributed by atoms with van der Waals surface area (Å²) in [6.45, 7) is 0. The van der Waals surface area contributed by atoms with Gasteiger partial charge in [-0.15, -0.1) is 0 Å². The smallest absolute Gasteiger partial charge is 0.356 e. The quantitative estimate of drug-likeness (QED) is 0.560. The van der Waals surface area contributed by atoms with Crippen molar-refractivity contribution in [2.45, 2.75) is 0 Å². The topological polar surface area (TPSA) is 55.0 Å². The largest absolute Gasteiger partial charge is 0.464 e. The molecule has 0 saturated carbocycles. The molecule has 118 valence electrons. The van der Waals surface area contributed by atoms with Crippen molar-refractivity contribution in [2.75, 3.05) is 7.11 Å². The molecule has 0 saturated heterocycles. The van der Waals surface area contributed by atoms with E-state index in [-0.39, 0.29) is 5.69 Å². The van der Waals surface area contributed by atoms with E-state index in [9.17, 15) is 9.18 Å². The van der Waals surface area contributed by atoms with E-state index in [1.165, 1.54) is 13.2 Å². The minimum absolute atomic E-state index is 0.146. The highest BCUT2D eigenvalue weighted by Crippen LogP contribution is 2.33. The van der Waals surface area contributed by atoms with Crippen molar-refractivity contribution < 1.29 is 13.9 Å². The average molecular weight is 320 g/mol. The monoisotopic (exact) mass is 320 g/mol. The van der Waals surface area contributed by atoms with Gasteiger partial charge in [0.05, 0.1) is 18.3 Å². The van der Waals surface area contributed by atoms with Gasteiger partial charge in [-0.2, -0.15) is 0 Å². The molecule has 2 aromatic heterocycles. The normalized spacial score (nSPS) is 11.1. The molecule has 2 aromatic carbocycles. The van der Waals surface area contributed by atoms with E-state index in [1.54, 1.807) is 24.3 Å². The summed E-state index contributed by atoms with van der Waals surface area (Å²) >= 11 is 0. The number of pyridine rings is 1. The second kappa shape index (κ2) is 5.45. The molecular formula is C19H13FN2O2. The van der Waals surface area contributed by atoms with Gasteiger partial charge >= 0.3 is 5.97 Å². The van der Waals surface area contributed by atoms with Crippen molar-refractivity contribution in [3.05, 3.63) is 66.1 Å². The van der Waals surface area contributed by atoms with Crippen molar-refractivity contribution in [3.63, 3.8) is 0 Å². The minimum Gasteiger partial charge on any atom is -0.464 e. The first-order chi connectivity index (χ1) is 11.7. The summed E-state index contributed by atoms with van der Waals surface area (Å²) in [5, 5.41) is 1.75. The summed E-state index contributed by atoms with van der Waals surface area (Å²) in [5.74, 6) is -0.952. The Morgan fingerprint density at radius 3 is 2.62 bits per heavy atom. The third-order valence-electron chi connectivity index (χ3n) is 4.02. The molecule has 0 atom stereocenters. The minimum atomic E-state index is -0.556. The molecule has 0 aliphatic rings. The molecule has 0 unspecified atom stereocenters. The van der Waals surface area contributed by atoms with E-state index in [0.717, 1.165) is 16.3 Å². The molecule has 2 heterocycles. The fourth-order valence-corrected chi connectivity index (χ4v) is 2.90. The van der Waals surface area contributed by atoms with Crippen LogP contribution in [0.4, 0.5) is 4.39 Å². The van der Waals surface area contributed by atoms with Gasteiger partial charge in [0.2, 0.25) is 0 Å². The summed E-state index contributed by atoms with van der Waals surface area (Å²) in [5.41, 5.74) is 2.46. The number of halogens is 1. The van der Waals surface area contributed by atoms with Crippen LogP contribution in [0.15, 0.2) is 54.6 Å². The molecule has 5 heteroatoms. The average Bonchev–Trinajstić information content (AvgIpc) is 2.99. The summed E-state index contributed by atoms with van der Waals surface area (Å²) in [6, 6.07) is 15.7. The van der Waals surface area contributed by atoms with Gasteiger partial charge in [-0.3, -0.25) is 0 Å². The molecule has 0 spiro atoms. The summed E-state index contributed by atoms with van der Waals surface area (Å²) in [7, 11) is 1.30. The lowest BCUT2D eigenvalue weighted by atomic mass is 10.1. The number of nitrogens with zero attached hydrogens (tertiary/aromatic N) is 1. The molecule has 0 fully saturated rings. The van der Waals surface area contributed by atoms with Gasteiger partial charge in [0.25, 0.3) is 0 Å². The number of aromatic nitrogens is 2. The molecule has 4 rings (SSSR count).